The molecule has 1 heterocycles. The molecule has 2 rings (SSSR count). The molecule has 0 saturated carbocycles. The Morgan fingerprint density at radius 1 is 1.25 bits per heavy atom. The lowest BCUT2D eigenvalue weighted by Crippen LogP contribution is -2.56. The number of hydrogen-bond acceptors (Lipinski definition) is 3. The number of benzene rings is 1. The molecule has 0 fully saturated rings. The van der Waals surface area contributed by atoms with Crippen molar-refractivity contribution in [3.05, 3.63) is 29.8 Å². The average molecular weight is 300 g/mol. The number of aliphatic hydroxyl groups excluding tert-OH is 1. The Hall–Kier alpha value is -0.770. The van der Waals surface area contributed by atoms with E-state index in [2.05, 4.69) is 33.0 Å². The van der Waals surface area contributed by atoms with Crippen LogP contribution in [0, 0.1) is 0 Å². The standard InChI is InChI=1S/C16H25NO2.ClH/c1-5-16(6-2)15(18)14(17-11(3)4)12-9-7-8-10-13(12)19-16;/h7-11,14-15,17-18H,5-6H2,1-4H3;1H. The van der Waals surface area contributed by atoms with Crippen LogP contribution in [0.2, 0.25) is 0 Å². The Balaban J connectivity index is 0.00000200. The van der Waals surface area contributed by atoms with Crippen LogP contribution in [0.15, 0.2) is 24.3 Å². The minimum Gasteiger partial charge on any atom is -0.484 e. The third-order valence-electron chi connectivity index (χ3n) is 4.13. The van der Waals surface area contributed by atoms with E-state index in [1.54, 1.807) is 0 Å². The van der Waals surface area contributed by atoms with Gasteiger partial charge in [0.15, 0.2) is 0 Å². The first kappa shape index (κ1) is 17.3. The molecule has 0 aromatic heterocycles. The van der Waals surface area contributed by atoms with Crippen LogP contribution in [-0.2, 0) is 0 Å². The molecular weight excluding hydrogens is 274 g/mol. The van der Waals surface area contributed by atoms with Crippen LogP contribution in [0.4, 0.5) is 0 Å². The Bertz CT molecular complexity index is 432. The van der Waals surface area contributed by atoms with E-state index >= 15 is 0 Å². The van der Waals surface area contributed by atoms with E-state index in [1.165, 1.54) is 0 Å². The number of nitrogens with one attached hydrogen (secondary N) is 1. The molecule has 3 nitrogen and oxygen atoms in total. The highest BCUT2D eigenvalue weighted by molar-refractivity contribution is 5.85. The summed E-state index contributed by atoms with van der Waals surface area (Å²) >= 11 is 0. The summed E-state index contributed by atoms with van der Waals surface area (Å²) in [5, 5.41) is 14.3. The van der Waals surface area contributed by atoms with Gasteiger partial charge in [0.05, 0.1) is 6.04 Å². The van der Waals surface area contributed by atoms with Gasteiger partial charge in [0, 0.05) is 11.6 Å². The van der Waals surface area contributed by atoms with Crippen molar-refractivity contribution in [3.63, 3.8) is 0 Å². The van der Waals surface area contributed by atoms with Crippen LogP contribution in [0.25, 0.3) is 0 Å². The Morgan fingerprint density at radius 2 is 1.85 bits per heavy atom. The highest BCUT2D eigenvalue weighted by atomic mass is 35.5. The van der Waals surface area contributed by atoms with Gasteiger partial charge < -0.3 is 15.2 Å². The topological polar surface area (TPSA) is 41.5 Å². The predicted octanol–water partition coefficient (Wildman–Crippen LogP) is 3.46. The van der Waals surface area contributed by atoms with Crippen LogP contribution in [0.1, 0.15) is 52.1 Å². The summed E-state index contributed by atoms with van der Waals surface area (Å²) in [6, 6.07) is 8.26. The van der Waals surface area contributed by atoms with Crippen molar-refractivity contribution in [3.8, 4) is 5.75 Å². The molecule has 2 unspecified atom stereocenters. The van der Waals surface area contributed by atoms with E-state index in [0.29, 0.717) is 6.04 Å². The molecule has 0 aliphatic carbocycles. The van der Waals surface area contributed by atoms with Gasteiger partial charge in [-0.05, 0) is 18.9 Å². The molecule has 0 spiro atoms. The van der Waals surface area contributed by atoms with Gasteiger partial charge in [0.25, 0.3) is 0 Å². The predicted molar refractivity (Wildman–Crippen MR) is 84.7 cm³/mol. The molecule has 1 aromatic carbocycles. The van der Waals surface area contributed by atoms with Crippen molar-refractivity contribution in [1.82, 2.24) is 5.32 Å². The molecule has 1 aliphatic heterocycles. The second kappa shape index (κ2) is 6.79. The molecule has 4 heteroatoms. The minimum atomic E-state index is -0.528. The molecule has 114 valence electrons. The maximum Gasteiger partial charge on any atom is 0.136 e. The fourth-order valence-corrected chi connectivity index (χ4v) is 2.94. The quantitative estimate of drug-likeness (QED) is 0.894. The van der Waals surface area contributed by atoms with Crippen molar-refractivity contribution in [2.75, 3.05) is 0 Å². The largest absolute Gasteiger partial charge is 0.484 e. The molecule has 0 saturated heterocycles. The Morgan fingerprint density at radius 3 is 2.40 bits per heavy atom. The molecule has 1 aliphatic rings. The van der Waals surface area contributed by atoms with Gasteiger partial charge in [-0.2, -0.15) is 0 Å². The van der Waals surface area contributed by atoms with Crippen LogP contribution >= 0.6 is 12.4 Å². The molecule has 0 amide bonds. The summed E-state index contributed by atoms with van der Waals surface area (Å²) < 4.78 is 6.15. The zero-order valence-electron chi connectivity index (χ0n) is 12.7. The monoisotopic (exact) mass is 299 g/mol. The van der Waals surface area contributed by atoms with E-state index < -0.39 is 11.7 Å². The van der Waals surface area contributed by atoms with Crippen molar-refractivity contribution < 1.29 is 9.84 Å². The normalized spacial score (nSPS) is 23.7. The Labute approximate surface area is 128 Å². The van der Waals surface area contributed by atoms with Crippen LogP contribution in [0.3, 0.4) is 0 Å². The summed E-state index contributed by atoms with van der Waals surface area (Å²) in [5.74, 6) is 0.898. The van der Waals surface area contributed by atoms with Crippen molar-refractivity contribution in [1.29, 1.82) is 0 Å². The summed E-state index contributed by atoms with van der Waals surface area (Å²) in [6.07, 6.45) is 1.07. The number of halogens is 1. The fourth-order valence-electron chi connectivity index (χ4n) is 2.94. The van der Waals surface area contributed by atoms with Gasteiger partial charge in [0.1, 0.15) is 17.5 Å². The SMILES string of the molecule is CCC1(CC)Oc2ccccc2C(NC(C)C)C1O.Cl. The molecule has 1 aromatic rings. The van der Waals surface area contributed by atoms with E-state index in [-0.39, 0.29) is 18.4 Å². The van der Waals surface area contributed by atoms with Gasteiger partial charge in [-0.3, -0.25) is 0 Å². The number of ether oxygens (including phenoxy) is 1. The van der Waals surface area contributed by atoms with Crippen LogP contribution in [-0.4, -0.2) is 22.9 Å². The van der Waals surface area contributed by atoms with E-state index in [4.69, 9.17) is 4.74 Å². The third-order valence-corrected chi connectivity index (χ3v) is 4.13. The maximum atomic E-state index is 10.8. The van der Waals surface area contributed by atoms with Gasteiger partial charge >= 0.3 is 0 Å². The lowest BCUT2D eigenvalue weighted by molar-refractivity contribution is -0.0932. The molecule has 20 heavy (non-hydrogen) atoms. The van der Waals surface area contributed by atoms with Crippen molar-refractivity contribution in [2.45, 2.75) is 64.3 Å². The summed E-state index contributed by atoms with van der Waals surface area (Å²) in [7, 11) is 0. The smallest absolute Gasteiger partial charge is 0.136 e. The lowest BCUT2D eigenvalue weighted by atomic mass is 9.80. The summed E-state index contributed by atoms with van der Waals surface area (Å²) in [5.41, 5.74) is 0.571. The lowest BCUT2D eigenvalue weighted by Gasteiger charge is -2.46. The molecule has 2 atom stereocenters. The maximum absolute atomic E-state index is 10.8. The highest BCUT2D eigenvalue weighted by Crippen LogP contribution is 2.42. The average Bonchev–Trinajstić information content (AvgIpc) is 2.41. The van der Waals surface area contributed by atoms with Gasteiger partial charge in [-0.1, -0.05) is 45.9 Å². The first-order chi connectivity index (χ1) is 9.04. The molecule has 2 N–H and O–H groups in total. The fraction of sp³-hybridized carbons (Fsp3) is 0.625. The summed E-state index contributed by atoms with van der Waals surface area (Å²) in [6.45, 7) is 8.36. The summed E-state index contributed by atoms with van der Waals surface area (Å²) in [4.78, 5) is 0. The zero-order chi connectivity index (χ0) is 14.0. The molecule has 0 bridgehead atoms. The third kappa shape index (κ3) is 2.95. The van der Waals surface area contributed by atoms with E-state index in [0.717, 1.165) is 24.2 Å². The van der Waals surface area contributed by atoms with Crippen molar-refractivity contribution >= 4 is 12.4 Å². The number of hydrogen-bond donors (Lipinski definition) is 2. The number of para-hydroxylation sites is 1. The van der Waals surface area contributed by atoms with Gasteiger partial charge in [-0.25, -0.2) is 0 Å². The number of fused-ring (bicyclic) bond motifs is 1. The zero-order valence-corrected chi connectivity index (χ0v) is 13.5. The second-order valence-corrected chi connectivity index (χ2v) is 5.66. The van der Waals surface area contributed by atoms with Crippen LogP contribution in [0.5, 0.6) is 5.75 Å². The van der Waals surface area contributed by atoms with Crippen molar-refractivity contribution in [2.24, 2.45) is 0 Å². The van der Waals surface area contributed by atoms with E-state index in [1.807, 2.05) is 24.3 Å². The molecular formula is C16H26ClNO2. The second-order valence-electron chi connectivity index (χ2n) is 5.66. The minimum absolute atomic E-state index is 0. The highest BCUT2D eigenvalue weighted by Gasteiger charge is 2.46. The first-order valence-electron chi connectivity index (χ1n) is 7.26. The van der Waals surface area contributed by atoms with Gasteiger partial charge in [-0.15, -0.1) is 12.4 Å². The first-order valence-corrected chi connectivity index (χ1v) is 7.26. The number of rotatable bonds is 4. The molecule has 0 radical (unpaired) electrons. The number of aliphatic hydroxyl groups is 1. The van der Waals surface area contributed by atoms with Gasteiger partial charge in [0.2, 0.25) is 0 Å². The van der Waals surface area contributed by atoms with Crippen LogP contribution < -0.4 is 10.1 Å². The Kier molecular flexibility index (Phi) is 5.87. The van der Waals surface area contributed by atoms with E-state index in [9.17, 15) is 5.11 Å².